The van der Waals surface area contributed by atoms with Crippen LogP contribution in [0.5, 0.6) is 0 Å². The van der Waals surface area contributed by atoms with Crippen LogP contribution in [0.2, 0.25) is 5.02 Å². The van der Waals surface area contributed by atoms with Crippen molar-refractivity contribution in [2.45, 2.75) is 37.1 Å². The lowest BCUT2D eigenvalue weighted by molar-refractivity contribution is -0.385. The number of carbonyl (C=O) groups is 1. The van der Waals surface area contributed by atoms with Gasteiger partial charge in [-0.15, -0.1) is 11.3 Å². The Morgan fingerprint density at radius 3 is 2.53 bits per heavy atom. The quantitative estimate of drug-likeness (QED) is 0.215. The number of carbonyl (C=O) groups excluding carboxylic acids is 1. The SMILES string of the molecule is Cc1ccc(Sc2cc(NC(=O)c3cc(Cn4nc(C)c(Cl)c4C)cs3)cc([N+](=O)[O-])c2)cc1. The molecule has 0 saturated carbocycles. The van der Waals surface area contributed by atoms with Crippen molar-refractivity contribution in [3.63, 3.8) is 0 Å². The second-order valence-electron chi connectivity index (χ2n) is 7.80. The highest BCUT2D eigenvalue weighted by atomic mass is 35.5. The predicted octanol–water partition coefficient (Wildman–Crippen LogP) is 6.88. The molecule has 0 unspecified atom stereocenters. The monoisotopic (exact) mass is 512 g/mol. The summed E-state index contributed by atoms with van der Waals surface area (Å²) in [4.78, 5) is 26.0. The highest BCUT2D eigenvalue weighted by Crippen LogP contribution is 2.33. The summed E-state index contributed by atoms with van der Waals surface area (Å²) in [7, 11) is 0. The molecule has 0 atom stereocenters. The summed E-state index contributed by atoms with van der Waals surface area (Å²) in [6.07, 6.45) is 0. The van der Waals surface area contributed by atoms with Gasteiger partial charge in [0.25, 0.3) is 11.6 Å². The molecule has 10 heteroatoms. The largest absolute Gasteiger partial charge is 0.321 e. The van der Waals surface area contributed by atoms with Gasteiger partial charge in [0.1, 0.15) is 0 Å². The summed E-state index contributed by atoms with van der Waals surface area (Å²) < 4.78 is 1.80. The van der Waals surface area contributed by atoms with Gasteiger partial charge < -0.3 is 5.32 Å². The number of hydrogen-bond acceptors (Lipinski definition) is 6. The molecule has 2 aromatic carbocycles. The van der Waals surface area contributed by atoms with E-state index in [2.05, 4.69) is 10.4 Å². The van der Waals surface area contributed by atoms with E-state index in [9.17, 15) is 14.9 Å². The maximum absolute atomic E-state index is 12.9. The van der Waals surface area contributed by atoms with E-state index >= 15 is 0 Å². The van der Waals surface area contributed by atoms with Crippen molar-refractivity contribution in [1.29, 1.82) is 0 Å². The minimum atomic E-state index is -0.461. The van der Waals surface area contributed by atoms with Crippen LogP contribution in [0.1, 0.15) is 32.2 Å². The minimum absolute atomic E-state index is 0.0827. The van der Waals surface area contributed by atoms with Gasteiger partial charge in [-0.2, -0.15) is 5.10 Å². The molecule has 4 rings (SSSR count). The Balaban J connectivity index is 1.52. The average molecular weight is 513 g/mol. The number of non-ortho nitro benzene ring substituents is 1. The minimum Gasteiger partial charge on any atom is -0.321 e. The summed E-state index contributed by atoms with van der Waals surface area (Å²) in [5.74, 6) is -0.325. The van der Waals surface area contributed by atoms with Crippen LogP contribution < -0.4 is 5.32 Å². The number of benzene rings is 2. The molecule has 0 fully saturated rings. The van der Waals surface area contributed by atoms with Gasteiger partial charge in [-0.25, -0.2) is 0 Å². The fourth-order valence-electron chi connectivity index (χ4n) is 3.33. The van der Waals surface area contributed by atoms with E-state index in [1.807, 2.05) is 50.4 Å². The molecule has 4 aromatic rings. The Morgan fingerprint density at radius 2 is 1.88 bits per heavy atom. The molecule has 0 aliphatic rings. The van der Waals surface area contributed by atoms with Crippen molar-refractivity contribution in [1.82, 2.24) is 9.78 Å². The normalized spacial score (nSPS) is 10.9. The topological polar surface area (TPSA) is 90.1 Å². The zero-order valence-corrected chi connectivity index (χ0v) is 21.1. The number of aromatic nitrogens is 2. The molecule has 2 aromatic heterocycles. The molecule has 0 saturated heterocycles. The zero-order chi connectivity index (χ0) is 24.4. The van der Waals surface area contributed by atoms with Crippen molar-refractivity contribution < 1.29 is 9.72 Å². The molecule has 0 aliphatic carbocycles. The van der Waals surface area contributed by atoms with Crippen LogP contribution in [0.4, 0.5) is 11.4 Å². The lowest BCUT2D eigenvalue weighted by Crippen LogP contribution is -2.10. The first kappa shape index (κ1) is 24.0. The van der Waals surface area contributed by atoms with Crippen molar-refractivity contribution in [3.8, 4) is 0 Å². The van der Waals surface area contributed by atoms with Crippen LogP contribution in [0.15, 0.2) is 63.7 Å². The third-order valence-corrected chi connectivity index (χ3v) is 7.62. The first-order valence-corrected chi connectivity index (χ1v) is 12.4. The second kappa shape index (κ2) is 10.0. The number of amides is 1. The van der Waals surface area contributed by atoms with Crippen molar-refractivity contribution in [2.24, 2.45) is 0 Å². The molecule has 1 amide bonds. The number of nitro benzene ring substituents is 1. The highest BCUT2D eigenvalue weighted by molar-refractivity contribution is 7.99. The fraction of sp³-hybridized carbons (Fsp3) is 0.167. The van der Waals surface area contributed by atoms with Crippen molar-refractivity contribution in [2.75, 3.05) is 5.32 Å². The Labute approximate surface area is 209 Å². The van der Waals surface area contributed by atoms with Crippen LogP contribution >= 0.6 is 34.7 Å². The van der Waals surface area contributed by atoms with Gasteiger partial charge in [0, 0.05) is 27.6 Å². The third kappa shape index (κ3) is 5.49. The van der Waals surface area contributed by atoms with E-state index in [1.54, 1.807) is 16.8 Å². The van der Waals surface area contributed by atoms with E-state index < -0.39 is 4.92 Å². The molecule has 0 bridgehead atoms. The molecular formula is C24H21ClN4O3S2. The molecular weight excluding hydrogens is 492 g/mol. The number of halogens is 1. The summed E-state index contributed by atoms with van der Waals surface area (Å²) >= 11 is 8.93. The van der Waals surface area contributed by atoms with Crippen LogP contribution in [-0.2, 0) is 6.54 Å². The molecule has 0 radical (unpaired) electrons. The number of rotatable bonds is 7. The van der Waals surface area contributed by atoms with E-state index in [-0.39, 0.29) is 11.6 Å². The Bertz CT molecular complexity index is 1380. The van der Waals surface area contributed by atoms with Gasteiger partial charge in [-0.3, -0.25) is 19.6 Å². The van der Waals surface area contributed by atoms with Gasteiger partial charge >= 0.3 is 0 Å². The summed E-state index contributed by atoms with van der Waals surface area (Å²) in [6, 6.07) is 14.3. The zero-order valence-electron chi connectivity index (χ0n) is 18.7. The van der Waals surface area contributed by atoms with Crippen LogP contribution in [0, 0.1) is 30.9 Å². The number of hydrogen-bond donors (Lipinski definition) is 1. The number of anilines is 1. The van der Waals surface area contributed by atoms with Crippen LogP contribution in [0.3, 0.4) is 0 Å². The third-order valence-electron chi connectivity index (χ3n) is 5.12. The molecule has 174 valence electrons. The van der Waals surface area contributed by atoms with E-state index in [0.29, 0.717) is 27.0 Å². The van der Waals surface area contributed by atoms with Crippen molar-refractivity contribution >= 4 is 52.0 Å². The Hall–Kier alpha value is -3.14. The second-order valence-corrected chi connectivity index (χ2v) is 10.2. The molecule has 7 nitrogen and oxygen atoms in total. The van der Waals surface area contributed by atoms with Gasteiger partial charge in [0.2, 0.25) is 0 Å². The molecule has 1 N–H and O–H groups in total. The maximum atomic E-state index is 12.9. The molecule has 34 heavy (non-hydrogen) atoms. The number of nitro groups is 1. The summed E-state index contributed by atoms with van der Waals surface area (Å²) in [5.41, 5.74) is 3.97. The number of nitrogens with zero attached hydrogens (tertiary/aromatic N) is 3. The van der Waals surface area contributed by atoms with Gasteiger partial charge in [-0.1, -0.05) is 41.1 Å². The number of nitrogens with one attached hydrogen (secondary N) is 1. The summed E-state index contributed by atoms with van der Waals surface area (Å²) in [5, 5.41) is 21.2. The Morgan fingerprint density at radius 1 is 1.15 bits per heavy atom. The van der Waals surface area contributed by atoms with E-state index in [1.165, 1.54) is 35.2 Å². The number of aryl methyl sites for hydroxylation is 2. The summed E-state index contributed by atoms with van der Waals surface area (Å²) in [6.45, 7) is 6.24. The first-order valence-electron chi connectivity index (χ1n) is 10.3. The molecule has 2 heterocycles. The van der Waals surface area contributed by atoms with E-state index in [4.69, 9.17) is 11.6 Å². The van der Waals surface area contributed by atoms with Crippen LogP contribution in [0.25, 0.3) is 0 Å². The highest BCUT2D eigenvalue weighted by Gasteiger charge is 2.16. The average Bonchev–Trinajstić information content (AvgIpc) is 3.36. The van der Waals surface area contributed by atoms with Gasteiger partial charge in [0.05, 0.1) is 32.8 Å². The molecule has 0 aliphatic heterocycles. The lowest BCUT2D eigenvalue weighted by atomic mass is 10.2. The first-order chi connectivity index (χ1) is 16.2. The predicted molar refractivity (Wildman–Crippen MR) is 136 cm³/mol. The molecule has 0 spiro atoms. The van der Waals surface area contributed by atoms with Gasteiger partial charge in [-0.05, 0) is 56.0 Å². The van der Waals surface area contributed by atoms with Crippen molar-refractivity contribution in [3.05, 3.63) is 96.4 Å². The smallest absolute Gasteiger partial charge is 0.272 e. The standard InChI is InChI=1S/C24H21ClN4O3S2/c1-14-4-6-20(7-5-14)34-21-10-18(9-19(11-21)29(31)32)26-24(30)22-8-17(13-33-22)12-28-16(3)23(25)15(2)27-28/h4-11,13H,12H2,1-3H3,(H,26,30). The van der Waals surface area contributed by atoms with Gasteiger partial charge in [0.15, 0.2) is 0 Å². The lowest BCUT2D eigenvalue weighted by Gasteiger charge is -2.08. The maximum Gasteiger partial charge on any atom is 0.272 e. The van der Waals surface area contributed by atoms with E-state index in [0.717, 1.165) is 27.4 Å². The Kier molecular flexibility index (Phi) is 7.06. The fourth-order valence-corrected chi connectivity index (χ4v) is 5.18. The number of thiophene rings is 1. The van der Waals surface area contributed by atoms with Crippen LogP contribution in [-0.4, -0.2) is 20.6 Å².